The quantitative estimate of drug-likeness (QED) is 0.132. The summed E-state index contributed by atoms with van der Waals surface area (Å²) in [5.74, 6) is 0. The SMILES string of the molecule is CCCCCCCCCCCCP(CCC)(CCC)(CCC)OS(=O)(=O)O. The van der Waals surface area contributed by atoms with Crippen LogP contribution in [0.5, 0.6) is 0 Å². The van der Waals surface area contributed by atoms with Crippen LogP contribution in [0.1, 0.15) is 111 Å². The van der Waals surface area contributed by atoms with Gasteiger partial charge in [0.05, 0.1) is 0 Å². The van der Waals surface area contributed by atoms with Crippen LogP contribution in [0.2, 0.25) is 0 Å². The van der Waals surface area contributed by atoms with Crippen molar-refractivity contribution in [1.29, 1.82) is 0 Å². The summed E-state index contributed by atoms with van der Waals surface area (Å²) in [6, 6.07) is 0. The molecule has 0 aliphatic heterocycles. The van der Waals surface area contributed by atoms with Gasteiger partial charge >= 0.3 is 170 Å². The second kappa shape index (κ2) is 14.3. The Balaban J connectivity index is 4.67. The summed E-state index contributed by atoms with van der Waals surface area (Å²) in [4.78, 5) is 0. The van der Waals surface area contributed by atoms with Gasteiger partial charge in [-0.2, -0.15) is 0 Å². The van der Waals surface area contributed by atoms with E-state index in [2.05, 4.69) is 27.7 Å². The van der Waals surface area contributed by atoms with Crippen LogP contribution in [0.15, 0.2) is 0 Å². The molecule has 0 unspecified atom stereocenters. The first kappa shape index (κ1) is 27.3. The van der Waals surface area contributed by atoms with Crippen molar-refractivity contribution < 1.29 is 16.9 Å². The van der Waals surface area contributed by atoms with Crippen molar-refractivity contribution in [3.8, 4) is 0 Å². The molecule has 0 rings (SSSR count). The fourth-order valence-electron chi connectivity index (χ4n) is 4.78. The maximum atomic E-state index is 11.7. The van der Waals surface area contributed by atoms with Crippen molar-refractivity contribution in [2.45, 2.75) is 111 Å². The van der Waals surface area contributed by atoms with E-state index in [1.54, 1.807) is 0 Å². The average molecular weight is 427 g/mol. The maximum absolute atomic E-state index is 11.7. The molecule has 0 amide bonds. The van der Waals surface area contributed by atoms with Gasteiger partial charge in [0.25, 0.3) is 0 Å². The van der Waals surface area contributed by atoms with E-state index in [1.165, 1.54) is 51.4 Å². The van der Waals surface area contributed by atoms with Gasteiger partial charge in [0.2, 0.25) is 0 Å². The predicted octanol–water partition coefficient (Wildman–Crippen LogP) is 7.43. The fraction of sp³-hybridized carbons (Fsp3) is 1.00. The van der Waals surface area contributed by atoms with Gasteiger partial charge in [-0.1, -0.05) is 0 Å². The summed E-state index contributed by atoms with van der Waals surface area (Å²) < 4.78 is 38.7. The molecule has 0 bridgehead atoms. The fourth-order valence-corrected chi connectivity index (χ4v) is 13.9. The van der Waals surface area contributed by atoms with Gasteiger partial charge in [0.15, 0.2) is 0 Å². The van der Waals surface area contributed by atoms with E-state index in [-0.39, 0.29) is 0 Å². The second-order valence-corrected chi connectivity index (χ2v) is 15.4. The van der Waals surface area contributed by atoms with Crippen molar-refractivity contribution in [3.63, 3.8) is 0 Å². The Bertz CT molecular complexity index is 445. The molecule has 27 heavy (non-hydrogen) atoms. The normalized spacial score (nSPS) is 14.2. The van der Waals surface area contributed by atoms with Gasteiger partial charge in [0.1, 0.15) is 0 Å². The molecule has 0 aromatic heterocycles. The molecule has 0 heterocycles. The Morgan fingerprint density at radius 1 is 0.593 bits per heavy atom. The molecule has 1 N–H and O–H groups in total. The standard InChI is InChI=1S/C21H47O4PS/c1-5-9-10-11-12-13-14-15-16-17-21-26(18-6-2,19-7-3,20-8-4)25-27(22,23)24/h5-21H2,1-4H3,(H,22,23,24). The summed E-state index contributed by atoms with van der Waals surface area (Å²) in [6.45, 7) is 5.63. The van der Waals surface area contributed by atoms with Crippen LogP contribution < -0.4 is 0 Å². The van der Waals surface area contributed by atoms with Gasteiger partial charge in [0, 0.05) is 0 Å². The zero-order chi connectivity index (χ0) is 20.7. The zero-order valence-corrected chi connectivity index (χ0v) is 20.3. The molecule has 0 radical (unpaired) electrons. The van der Waals surface area contributed by atoms with Crippen LogP contribution in [0.25, 0.3) is 0 Å². The monoisotopic (exact) mass is 426 g/mol. The number of unbranched alkanes of at least 4 members (excludes halogenated alkanes) is 9. The number of hydrogen-bond acceptors (Lipinski definition) is 3. The predicted molar refractivity (Wildman–Crippen MR) is 122 cm³/mol. The first-order valence-electron chi connectivity index (χ1n) is 11.5. The average Bonchev–Trinajstić information content (AvgIpc) is 2.56. The van der Waals surface area contributed by atoms with Gasteiger partial charge in [-0.25, -0.2) is 0 Å². The van der Waals surface area contributed by atoms with E-state index in [0.717, 1.165) is 56.8 Å². The minimum absolute atomic E-state index is 0.810. The summed E-state index contributed by atoms with van der Waals surface area (Å²) in [5, 5.41) is 0. The Morgan fingerprint density at radius 3 is 1.30 bits per heavy atom. The van der Waals surface area contributed by atoms with Crippen LogP contribution in [0, 0.1) is 0 Å². The molecule has 0 saturated heterocycles. The molecule has 0 atom stereocenters. The zero-order valence-electron chi connectivity index (χ0n) is 18.5. The number of rotatable bonds is 19. The van der Waals surface area contributed by atoms with E-state index < -0.39 is 17.2 Å². The third-order valence-corrected chi connectivity index (χ3v) is 14.4. The van der Waals surface area contributed by atoms with Gasteiger partial charge in [-0.05, 0) is 0 Å². The van der Waals surface area contributed by atoms with Crippen molar-refractivity contribution in [1.82, 2.24) is 0 Å². The molecule has 6 heteroatoms. The molecule has 166 valence electrons. The van der Waals surface area contributed by atoms with E-state index in [1.807, 2.05) is 0 Å². The van der Waals surface area contributed by atoms with Gasteiger partial charge < -0.3 is 0 Å². The van der Waals surface area contributed by atoms with Crippen LogP contribution in [-0.2, 0) is 14.4 Å². The van der Waals surface area contributed by atoms with Crippen LogP contribution in [0.3, 0.4) is 0 Å². The van der Waals surface area contributed by atoms with Crippen molar-refractivity contribution >= 4 is 17.2 Å². The second-order valence-electron chi connectivity index (χ2n) is 8.44. The van der Waals surface area contributed by atoms with Crippen LogP contribution in [-0.4, -0.2) is 37.6 Å². The Kier molecular flexibility index (Phi) is 14.5. The molecule has 0 aliphatic carbocycles. The van der Waals surface area contributed by atoms with E-state index in [0.29, 0.717) is 0 Å². The first-order valence-corrected chi connectivity index (χ1v) is 15.7. The molecule has 0 aromatic carbocycles. The Hall–Kier alpha value is 0.300. The topological polar surface area (TPSA) is 63.6 Å². The molecule has 4 nitrogen and oxygen atoms in total. The molecule has 0 aliphatic rings. The molecule has 0 aromatic rings. The molecule has 0 fully saturated rings. The van der Waals surface area contributed by atoms with E-state index >= 15 is 0 Å². The van der Waals surface area contributed by atoms with Crippen LogP contribution in [0.4, 0.5) is 0 Å². The molecule has 0 spiro atoms. The van der Waals surface area contributed by atoms with Crippen LogP contribution >= 0.6 is 6.83 Å². The Morgan fingerprint density at radius 2 is 0.963 bits per heavy atom. The van der Waals surface area contributed by atoms with E-state index in [4.69, 9.17) is 3.97 Å². The minimum atomic E-state index is -4.41. The first-order chi connectivity index (χ1) is 12.8. The van der Waals surface area contributed by atoms with Crippen molar-refractivity contribution in [2.24, 2.45) is 0 Å². The summed E-state index contributed by atoms with van der Waals surface area (Å²) in [6.07, 6.45) is 18.7. The van der Waals surface area contributed by atoms with Crippen molar-refractivity contribution in [3.05, 3.63) is 0 Å². The molecular weight excluding hydrogens is 379 g/mol. The van der Waals surface area contributed by atoms with Gasteiger partial charge in [-0.3, -0.25) is 0 Å². The third-order valence-electron chi connectivity index (χ3n) is 5.75. The molecule has 0 saturated carbocycles. The summed E-state index contributed by atoms with van der Waals surface area (Å²) in [5.41, 5.74) is 0. The molecular formula is C21H47O4PS. The summed E-state index contributed by atoms with van der Waals surface area (Å²) in [7, 11) is -4.41. The van der Waals surface area contributed by atoms with Gasteiger partial charge in [-0.15, -0.1) is 0 Å². The summed E-state index contributed by atoms with van der Waals surface area (Å²) >= 11 is 0. The third kappa shape index (κ3) is 11.8. The van der Waals surface area contributed by atoms with E-state index in [9.17, 15) is 13.0 Å². The Labute approximate surface area is 170 Å². The van der Waals surface area contributed by atoms with Crippen molar-refractivity contribution in [2.75, 3.05) is 24.6 Å². The number of hydrogen-bond donors (Lipinski definition) is 1.